The minimum atomic E-state index is 0.00681. The molecule has 18 nitrogen and oxygen atoms in total. The topological polar surface area (TPSA) is 188 Å². The highest BCUT2D eigenvalue weighted by atomic mass is 16.5. The Morgan fingerprint density at radius 1 is 0.657 bits per heavy atom. The SMILES string of the molecule is CC(C)c1cnn2c(NCc3ccccc3N3CCNCC3)nc(NC3CCOCC3)nc12.CC(C)c1cnn2c(NCc3ccccc3[N+]3(O)CCCCC3)nc(NC3CCOCC3)nc12. The van der Waals surface area contributed by atoms with E-state index in [4.69, 9.17) is 29.4 Å². The van der Waals surface area contributed by atoms with E-state index < -0.39 is 0 Å². The molecule has 2 aromatic carbocycles. The van der Waals surface area contributed by atoms with E-state index in [0.29, 0.717) is 60.8 Å². The van der Waals surface area contributed by atoms with Gasteiger partial charge in [0.1, 0.15) is 13.1 Å². The molecule has 8 heterocycles. The minimum Gasteiger partial charge on any atom is -0.381 e. The molecule has 67 heavy (non-hydrogen) atoms. The lowest BCUT2D eigenvalue weighted by Gasteiger charge is -2.34. The second-order valence-corrected chi connectivity index (χ2v) is 18.9. The number of fused-ring (bicyclic) bond motifs is 2. The van der Waals surface area contributed by atoms with Gasteiger partial charge in [-0.2, -0.15) is 43.8 Å². The van der Waals surface area contributed by atoms with Crippen LogP contribution in [0.2, 0.25) is 0 Å². The van der Waals surface area contributed by atoms with E-state index in [9.17, 15) is 5.21 Å². The van der Waals surface area contributed by atoms with Crippen LogP contribution in [0, 0.1) is 0 Å². The van der Waals surface area contributed by atoms with Gasteiger partial charge in [-0.3, -0.25) is 0 Å². The van der Waals surface area contributed by atoms with Gasteiger partial charge in [0.05, 0.1) is 12.4 Å². The van der Waals surface area contributed by atoms with Crippen LogP contribution in [0.1, 0.15) is 107 Å². The molecule has 10 rings (SSSR count). The van der Waals surface area contributed by atoms with Gasteiger partial charge in [-0.05, 0) is 55.6 Å². The van der Waals surface area contributed by atoms with E-state index in [1.807, 2.05) is 35.1 Å². The third kappa shape index (κ3) is 11.0. The largest absolute Gasteiger partial charge is 0.381 e. The maximum atomic E-state index is 11.3. The van der Waals surface area contributed by atoms with Crippen LogP contribution < -0.4 is 36.1 Å². The molecule has 6 N–H and O–H groups in total. The Morgan fingerprint density at radius 3 is 1.69 bits per heavy atom. The monoisotopic (exact) mass is 917 g/mol. The Bertz CT molecular complexity index is 2540. The zero-order valence-corrected chi connectivity index (χ0v) is 39.8. The summed E-state index contributed by atoms with van der Waals surface area (Å²) in [6, 6.07) is 17.4. The van der Waals surface area contributed by atoms with E-state index in [1.54, 1.807) is 4.52 Å². The van der Waals surface area contributed by atoms with Crippen molar-refractivity contribution >= 4 is 46.5 Å². The van der Waals surface area contributed by atoms with E-state index in [1.165, 1.54) is 17.7 Å². The normalized spacial score (nSPS) is 18.3. The molecule has 6 aromatic rings. The zero-order valence-electron chi connectivity index (χ0n) is 39.8. The van der Waals surface area contributed by atoms with Crippen LogP contribution in [0.15, 0.2) is 60.9 Å². The standard InChI is InChI=1S/C25H36N7O2.C24H34N8O/c1-18(2)21-17-27-31-23(21)29-24(28-20-10-14-34-15-11-20)30-25(31)26-16-19-8-4-5-9-22(19)32(33)12-6-3-7-13-32;1-17(2)20-16-27-32-22(20)29-23(28-19-7-13-33-14-8-19)30-24(32)26-15-18-5-3-4-6-21(18)31-11-9-25-10-12-31/h4-5,8-9,17-18,20,33H,3,6-7,10-16H2,1-2H3,(H2,26,28,29,30);3-6,16-17,19,25H,7-15H2,1-2H3,(H2,26,28,29,30)/q+1;. The van der Waals surface area contributed by atoms with Gasteiger partial charge < -0.3 is 41.0 Å². The number of hydrogen-bond donors (Lipinski definition) is 6. The number of aromatic nitrogens is 8. The summed E-state index contributed by atoms with van der Waals surface area (Å²) in [7, 11) is 0. The first-order valence-electron chi connectivity index (χ1n) is 24.6. The highest BCUT2D eigenvalue weighted by Gasteiger charge is 2.33. The van der Waals surface area contributed by atoms with Gasteiger partial charge in [0.15, 0.2) is 17.0 Å². The van der Waals surface area contributed by atoms with Crippen molar-refractivity contribution in [2.24, 2.45) is 0 Å². The van der Waals surface area contributed by atoms with Gasteiger partial charge in [-0.15, -0.1) is 0 Å². The molecule has 0 amide bonds. The fourth-order valence-electron chi connectivity index (χ4n) is 9.58. The number of piperazine rings is 1. The zero-order chi connectivity index (χ0) is 46.2. The molecule has 4 aliphatic rings. The fraction of sp³-hybridized carbons (Fsp3) is 0.551. The summed E-state index contributed by atoms with van der Waals surface area (Å²) in [4.78, 5) is 21.7. The second-order valence-electron chi connectivity index (χ2n) is 18.9. The van der Waals surface area contributed by atoms with Gasteiger partial charge in [-0.1, -0.05) is 64.1 Å². The van der Waals surface area contributed by atoms with Crippen molar-refractivity contribution in [2.45, 2.75) is 110 Å². The number of benzene rings is 2. The lowest BCUT2D eigenvalue weighted by atomic mass is 10.1. The molecule has 4 aliphatic heterocycles. The highest BCUT2D eigenvalue weighted by molar-refractivity contribution is 5.59. The van der Waals surface area contributed by atoms with Gasteiger partial charge in [-0.25, -0.2) is 5.21 Å². The number of nitrogens with one attached hydrogen (secondary N) is 5. The maximum absolute atomic E-state index is 11.3. The van der Waals surface area contributed by atoms with Gasteiger partial charge in [0.2, 0.25) is 23.8 Å². The minimum absolute atomic E-state index is 0.00681. The van der Waals surface area contributed by atoms with Crippen LogP contribution in [-0.2, 0) is 22.6 Å². The first-order chi connectivity index (χ1) is 32.7. The Morgan fingerprint density at radius 2 is 1.15 bits per heavy atom. The average Bonchev–Trinajstić information content (AvgIpc) is 4.00. The molecule has 0 atom stereocenters. The summed E-state index contributed by atoms with van der Waals surface area (Å²) >= 11 is 0. The van der Waals surface area contributed by atoms with E-state index in [2.05, 4.69) is 99.7 Å². The Balaban J connectivity index is 0.000000168. The van der Waals surface area contributed by atoms with Gasteiger partial charge >= 0.3 is 0 Å². The first kappa shape index (κ1) is 46.5. The predicted molar refractivity (Wildman–Crippen MR) is 264 cm³/mol. The highest BCUT2D eigenvalue weighted by Crippen LogP contribution is 2.31. The molecule has 4 aromatic heterocycles. The molecule has 0 bridgehead atoms. The summed E-state index contributed by atoms with van der Waals surface area (Å²) in [5, 5.41) is 38.1. The van der Waals surface area contributed by atoms with Crippen LogP contribution in [0.4, 0.5) is 35.2 Å². The number of hydroxylamine groups is 2. The van der Waals surface area contributed by atoms with E-state index >= 15 is 0 Å². The van der Waals surface area contributed by atoms with E-state index in [-0.39, 0.29) is 4.65 Å². The number of para-hydroxylation sites is 2. The molecule has 18 heteroatoms. The summed E-state index contributed by atoms with van der Waals surface area (Å²) in [6.45, 7) is 18.5. The first-order valence-corrected chi connectivity index (χ1v) is 24.6. The molecule has 4 saturated heterocycles. The van der Waals surface area contributed by atoms with E-state index in [0.717, 1.165) is 138 Å². The summed E-state index contributed by atoms with van der Waals surface area (Å²) < 4.78 is 14.6. The molecule has 0 spiro atoms. The number of quaternary nitrogens is 1. The molecule has 0 aliphatic carbocycles. The van der Waals surface area contributed by atoms with Crippen molar-refractivity contribution in [3.05, 3.63) is 83.2 Å². The van der Waals surface area contributed by atoms with Crippen LogP contribution >= 0.6 is 0 Å². The van der Waals surface area contributed by atoms with Crippen LogP contribution in [-0.4, -0.2) is 122 Å². The number of rotatable bonds is 14. The van der Waals surface area contributed by atoms with Crippen molar-refractivity contribution in [2.75, 3.05) is 91.9 Å². The Labute approximate surface area is 393 Å². The summed E-state index contributed by atoms with van der Waals surface area (Å²) in [5.41, 5.74) is 8.44. The molecule has 0 saturated carbocycles. The van der Waals surface area contributed by atoms with Gasteiger partial charge in [0, 0.05) is 119 Å². The molecular weight excluding hydrogens is 847 g/mol. The number of anilines is 5. The Hall–Kier alpha value is -5.66. The number of piperidine rings is 1. The summed E-state index contributed by atoms with van der Waals surface area (Å²) in [5.74, 6) is 3.24. The van der Waals surface area contributed by atoms with Crippen LogP contribution in [0.5, 0.6) is 0 Å². The average molecular weight is 917 g/mol. The van der Waals surface area contributed by atoms with Crippen molar-refractivity contribution in [3.63, 3.8) is 0 Å². The molecule has 0 radical (unpaired) electrons. The smallest absolute Gasteiger partial charge is 0.229 e. The summed E-state index contributed by atoms with van der Waals surface area (Å²) in [6.07, 6.45) is 10.9. The molecule has 4 fully saturated rings. The lowest BCUT2D eigenvalue weighted by Crippen LogP contribution is -2.50. The quantitative estimate of drug-likeness (QED) is 0.0602. The van der Waals surface area contributed by atoms with Crippen molar-refractivity contribution in [1.82, 2.24) is 49.1 Å². The number of hydrogen-bond acceptors (Lipinski definition) is 15. The molecule has 358 valence electrons. The molecule has 0 unspecified atom stereocenters. The maximum Gasteiger partial charge on any atom is 0.229 e. The lowest BCUT2D eigenvalue weighted by molar-refractivity contribution is -0.0928. The van der Waals surface area contributed by atoms with Crippen LogP contribution in [0.3, 0.4) is 0 Å². The van der Waals surface area contributed by atoms with Crippen molar-refractivity contribution in [3.8, 4) is 0 Å². The molecular formula is C49H70N15O3+. The number of ether oxygens (including phenoxy) is 2. The third-order valence-electron chi connectivity index (χ3n) is 13.5. The fourth-order valence-corrected chi connectivity index (χ4v) is 9.58. The van der Waals surface area contributed by atoms with Crippen molar-refractivity contribution in [1.29, 1.82) is 0 Å². The van der Waals surface area contributed by atoms with Crippen LogP contribution in [0.25, 0.3) is 11.3 Å². The number of nitrogens with zero attached hydrogens (tertiary/aromatic N) is 10. The van der Waals surface area contributed by atoms with Crippen molar-refractivity contribution < 1.29 is 14.7 Å². The second kappa shape index (κ2) is 21.5. The van der Waals surface area contributed by atoms with Gasteiger partial charge in [0.25, 0.3) is 0 Å². The third-order valence-corrected chi connectivity index (χ3v) is 13.5. The Kier molecular flexibility index (Phi) is 14.9. The predicted octanol–water partition coefficient (Wildman–Crippen LogP) is 7.19.